The van der Waals surface area contributed by atoms with Gasteiger partial charge in [0.15, 0.2) is 5.78 Å². The van der Waals surface area contributed by atoms with Crippen LogP contribution in [-0.2, 0) is 4.79 Å². The van der Waals surface area contributed by atoms with Crippen molar-refractivity contribution in [2.75, 3.05) is 6.67 Å². The molecule has 0 N–H and O–H groups in total. The molecule has 0 aromatic heterocycles. The Balaban J connectivity index is 0.000000437. The van der Waals surface area contributed by atoms with Gasteiger partial charge in [-0.15, -0.1) is 69.6 Å². The monoisotopic (exact) mass is 364 g/mol. The molecule has 0 unspecified atom stereocenters. The van der Waals surface area contributed by atoms with Crippen LogP contribution < -0.4 is 0 Å². The predicted octanol–water partition coefficient (Wildman–Crippen LogP) is 4.19. The maximum atomic E-state index is 10.8. The van der Waals surface area contributed by atoms with Crippen molar-refractivity contribution in [3.8, 4) is 0 Å². The Kier molecular flexibility index (Phi) is 9.17. The van der Waals surface area contributed by atoms with Crippen molar-refractivity contribution in [1.82, 2.24) is 0 Å². The maximum absolute atomic E-state index is 10.8. The van der Waals surface area contributed by atoms with Crippen LogP contribution in [0.5, 0.6) is 0 Å². The van der Waals surface area contributed by atoms with E-state index in [9.17, 15) is 9.18 Å². The molecule has 0 heterocycles. The van der Waals surface area contributed by atoms with Gasteiger partial charge in [0, 0.05) is 0 Å². The van der Waals surface area contributed by atoms with Crippen molar-refractivity contribution in [1.29, 1.82) is 0 Å². The summed E-state index contributed by atoms with van der Waals surface area (Å²) in [6.45, 7) is 0.375. The Morgan fingerprint density at radius 1 is 0.824 bits per heavy atom. The Morgan fingerprint density at radius 3 is 1.00 bits per heavy atom. The number of rotatable bonds is 1. The van der Waals surface area contributed by atoms with E-state index in [4.69, 9.17) is 69.6 Å². The zero-order chi connectivity index (χ0) is 13.7. The van der Waals surface area contributed by atoms with E-state index in [1.54, 1.807) is 0 Å². The minimum absolute atomic E-state index is 0.412. The van der Waals surface area contributed by atoms with E-state index in [0.29, 0.717) is 0 Å². The Labute approximate surface area is 130 Å². The third kappa shape index (κ3) is 5.46. The minimum Gasteiger partial charge on any atom is -0.297 e. The molecular formula is C9H11Cl6FO. The summed E-state index contributed by atoms with van der Waals surface area (Å²) in [4.78, 5) is 9.44. The number of carbonyl (C=O) groups excluding carboxylic acids is 1. The normalized spacial score (nSPS) is 41.4. The van der Waals surface area contributed by atoms with Crippen LogP contribution in [0.15, 0.2) is 0 Å². The second kappa shape index (κ2) is 8.50. The van der Waals surface area contributed by atoms with Crippen LogP contribution in [0.1, 0.15) is 6.92 Å². The number of hydrogen-bond acceptors (Lipinski definition) is 1. The number of alkyl halides is 7. The van der Waals surface area contributed by atoms with E-state index in [0.717, 1.165) is 0 Å². The van der Waals surface area contributed by atoms with Gasteiger partial charge in [-0.2, -0.15) is 0 Å². The van der Waals surface area contributed by atoms with Crippen LogP contribution in [0, 0.1) is 0 Å². The van der Waals surface area contributed by atoms with Crippen LogP contribution in [0.25, 0.3) is 0 Å². The first kappa shape index (κ1) is 18.3. The molecule has 1 fully saturated rings. The predicted molar refractivity (Wildman–Crippen MR) is 74.5 cm³/mol. The highest BCUT2D eigenvalue weighted by Gasteiger charge is 2.46. The lowest BCUT2D eigenvalue weighted by molar-refractivity contribution is -0.117. The molecular weight excluding hydrogens is 356 g/mol. The van der Waals surface area contributed by atoms with Gasteiger partial charge in [-0.05, 0) is 6.92 Å². The second-order valence-electron chi connectivity index (χ2n) is 3.50. The van der Waals surface area contributed by atoms with Crippen LogP contribution in [-0.4, -0.2) is 44.7 Å². The molecule has 17 heavy (non-hydrogen) atoms. The first-order chi connectivity index (χ1) is 7.73. The van der Waals surface area contributed by atoms with Gasteiger partial charge in [-0.1, -0.05) is 0 Å². The van der Waals surface area contributed by atoms with Gasteiger partial charge in [-0.3, -0.25) is 4.79 Å². The molecule has 1 rings (SSSR count). The van der Waals surface area contributed by atoms with Crippen molar-refractivity contribution in [3.63, 3.8) is 0 Å². The van der Waals surface area contributed by atoms with Crippen molar-refractivity contribution >= 4 is 75.4 Å². The summed E-state index contributed by atoms with van der Waals surface area (Å²) in [7, 11) is 0. The maximum Gasteiger partial charge on any atom is 0.160 e. The fourth-order valence-corrected chi connectivity index (χ4v) is 3.38. The molecule has 0 amide bonds. The molecule has 1 nitrogen and oxygen atoms in total. The lowest BCUT2D eigenvalue weighted by Crippen LogP contribution is -2.52. The van der Waals surface area contributed by atoms with Crippen LogP contribution >= 0.6 is 69.6 Å². The fourth-order valence-electron chi connectivity index (χ4n) is 1.05. The van der Waals surface area contributed by atoms with Crippen molar-refractivity contribution in [2.45, 2.75) is 39.2 Å². The molecule has 8 heteroatoms. The highest BCUT2D eigenvalue weighted by molar-refractivity contribution is 6.45. The zero-order valence-electron chi connectivity index (χ0n) is 8.73. The lowest BCUT2D eigenvalue weighted by atomic mass is 9.97. The van der Waals surface area contributed by atoms with E-state index in [-0.39, 0.29) is 0 Å². The quantitative estimate of drug-likeness (QED) is 0.636. The molecule has 0 atom stereocenters. The number of Topliss-reactive ketones (excluding diaryl/α,β-unsaturated/α-hetero) is 1. The average Bonchev–Trinajstić information content (AvgIpc) is 2.32. The summed E-state index contributed by atoms with van der Waals surface area (Å²) in [5.41, 5.74) is 0. The summed E-state index contributed by atoms with van der Waals surface area (Å²) in [6, 6.07) is 0. The summed E-state index contributed by atoms with van der Waals surface area (Å²) in [5.74, 6) is -0.412. The topological polar surface area (TPSA) is 17.1 Å². The molecule has 0 aromatic carbocycles. The van der Waals surface area contributed by atoms with Crippen LogP contribution in [0.3, 0.4) is 0 Å². The number of ketones is 1. The largest absolute Gasteiger partial charge is 0.297 e. The summed E-state index contributed by atoms with van der Waals surface area (Å²) < 4.78 is 10.8. The highest BCUT2D eigenvalue weighted by atomic mass is 35.5. The number of hydrogen-bond donors (Lipinski definition) is 0. The van der Waals surface area contributed by atoms with E-state index >= 15 is 0 Å². The molecule has 0 radical (unpaired) electrons. The van der Waals surface area contributed by atoms with Crippen molar-refractivity contribution < 1.29 is 9.18 Å². The van der Waals surface area contributed by atoms with Gasteiger partial charge < -0.3 is 0 Å². The lowest BCUT2D eigenvalue weighted by Gasteiger charge is -2.37. The molecule has 1 saturated carbocycles. The van der Waals surface area contributed by atoms with Gasteiger partial charge >= 0.3 is 0 Å². The van der Waals surface area contributed by atoms with Gasteiger partial charge in [-0.25, -0.2) is 4.39 Å². The number of carbonyl (C=O) groups is 1. The van der Waals surface area contributed by atoms with Crippen LogP contribution in [0.4, 0.5) is 4.39 Å². The molecule has 0 aliphatic heterocycles. The van der Waals surface area contributed by atoms with E-state index in [1.807, 2.05) is 0 Å². The third-order valence-corrected chi connectivity index (χ3v) is 6.04. The third-order valence-electron chi connectivity index (χ3n) is 2.01. The average molecular weight is 367 g/mol. The molecule has 102 valence electrons. The first-order valence-corrected chi connectivity index (χ1v) is 7.25. The summed E-state index contributed by atoms with van der Waals surface area (Å²) in [6.07, 6.45) is 0. The Hall–Kier alpha value is 1.34. The molecule has 0 aromatic rings. The SMILES string of the molecule is CC(=O)CF.Cl[C@H]1[C@H](Cl)[C@@H](Cl)[C@@H](Cl)[C@H](Cl)[C@H]1Cl. The Morgan fingerprint density at radius 2 is 0.941 bits per heavy atom. The smallest absolute Gasteiger partial charge is 0.160 e. The van der Waals surface area contributed by atoms with Crippen molar-refractivity contribution in [3.05, 3.63) is 0 Å². The van der Waals surface area contributed by atoms with E-state index < -0.39 is 44.7 Å². The van der Waals surface area contributed by atoms with E-state index in [1.165, 1.54) is 6.92 Å². The molecule has 0 saturated heterocycles. The molecule has 0 bridgehead atoms. The molecule has 1 aliphatic carbocycles. The van der Waals surface area contributed by atoms with Gasteiger partial charge in [0.05, 0.1) is 32.3 Å². The fraction of sp³-hybridized carbons (Fsp3) is 0.889. The second-order valence-corrected chi connectivity index (χ2v) is 6.53. The standard InChI is InChI=1S/C6H6Cl6.C3H5FO/c7-1-2(8)4(10)6(12)5(11)3(1)9;1-3(5)2-4/h1-6H;2H2,1H3/t1-,2-,3-,4+,5+,6+;. The van der Waals surface area contributed by atoms with Crippen LogP contribution in [0.2, 0.25) is 0 Å². The van der Waals surface area contributed by atoms with Gasteiger partial charge in [0.25, 0.3) is 0 Å². The summed E-state index contributed by atoms with van der Waals surface area (Å²) >= 11 is 35.3. The molecule has 1 aliphatic rings. The van der Waals surface area contributed by atoms with E-state index in [2.05, 4.69) is 0 Å². The summed E-state index contributed by atoms with van der Waals surface area (Å²) in [5, 5.41) is -2.62. The van der Waals surface area contributed by atoms with Gasteiger partial charge in [0.2, 0.25) is 0 Å². The minimum atomic E-state index is -0.833. The number of halogens is 7. The highest BCUT2D eigenvalue weighted by Crippen LogP contribution is 2.39. The Bertz CT molecular complexity index is 195. The molecule has 0 spiro atoms. The zero-order valence-corrected chi connectivity index (χ0v) is 13.3. The van der Waals surface area contributed by atoms with Crippen molar-refractivity contribution in [2.24, 2.45) is 0 Å². The van der Waals surface area contributed by atoms with Gasteiger partial charge in [0.1, 0.15) is 6.67 Å². The first-order valence-electron chi connectivity index (χ1n) is 4.63.